The van der Waals surface area contributed by atoms with Crippen molar-refractivity contribution in [3.05, 3.63) is 24.3 Å². The average molecular weight is 371 g/mol. The summed E-state index contributed by atoms with van der Waals surface area (Å²) in [6.45, 7) is 0.886. The molecular formula is C14H21ClF2N2O3S. The molecule has 1 fully saturated rings. The first-order valence-corrected chi connectivity index (χ1v) is 8.55. The van der Waals surface area contributed by atoms with Gasteiger partial charge in [0.15, 0.2) is 0 Å². The highest BCUT2D eigenvalue weighted by Gasteiger charge is 2.28. The van der Waals surface area contributed by atoms with Crippen molar-refractivity contribution in [2.75, 3.05) is 26.7 Å². The van der Waals surface area contributed by atoms with Gasteiger partial charge in [-0.1, -0.05) is 0 Å². The maximum absolute atomic E-state index is 12.6. The van der Waals surface area contributed by atoms with Crippen molar-refractivity contribution in [3.8, 4) is 5.75 Å². The molecule has 0 unspecified atom stereocenters. The van der Waals surface area contributed by atoms with Gasteiger partial charge in [-0.25, -0.2) is 17.2 Å². The number of alkyl halides is 2. The maximum atomic E-state index is 12.6. The lowest BCUT2D eigenvalue weighted by atomic mass is 10.1. The first-order chi connectivity index (χ1) is 10.4. The summed E-state index contributed by atoms with van der Waals surface area (Å²) >= 11 is 0. The van der Waals surface area contributed by atoms with Crippen LogP contribution < -0.4 is 10.1 Å². The number of rotatable bonds is 6. The quantitative estimate of drug-likeness (QED) is 0.833. The maximum Gasteiger partial charge on any atom is 0.272 e. The number of hydrogen-bond acceptors (Lipinski definition) is 4. The number of piperidine rings is 1. The molecule has 0 bridgehead atoms. The Hall–Kier alpha value is -0.960. The van der Waals surface area contributed by atoms with Crippen LogP contribution in [-0.4, -0.2) is 51.9 Å². The molecule has 1 aliphatic rings. The lowest BCUT2D eigenvalue weighted by Crippen LogP contribution is -2.43. The Bertz CT molecular complexity index is 578. The second-order valence-corrected chi connectivity index (χ2v) is 7.17. The second kappa shape index (κ2) is 8.77. The summed E-state index contributed by atoms with van der Waals surface area (Å²) < 4.78 is 55.5. The fourth-order valence-electron chi connectivity index (χ4n) is 2.40. The first kappa shape index (κ1) is 20.1. The highest BCUT2D eigenvalue weighted by atomic mass is 35.5. The van der Waals surface area contributed by atoms with Crippen LogP contribution in [0.2, 0.25) is 0 Å². The summed E-state index contributed by atoms with van der Waals surface area (Å²) in [5.41, 5.74) is 0. The summed E-state index contributed by atoms with van der Waals surface area (Å²) in [4.78, 5) is 0.137. The molecule has 1 saturated heterocycles. The fourth-order valence-corrected chi connectivity index (χ4v) is 3.82. The summed E-state index contributed by atoms with van der Waals surface area (Å²) in [7, 11) is -2.01. The molecule has 1 aliphatic heterocycles. The third kappa shape index (κ3) is 5.27. The lowest BCUT2D eigenvalue weighted by Gasteiger charge is -2.30. The van der Waals surface area contributed by atoms with E-state index in [0.717, 1.165) is 25.9 Å². The van der Waals surface area contributed by atoms with E-state index in [1.54, 1.807) is 7.05 Å². The van der Waals surface area contributed by atoms with E-state index in [9.17, 15) is 17.2 Å². The summed E-state index contributed by atoms with van der Waals surface area (Å²) in [5.74, 6) is 0.226. The predicted octanol–water partition coefficient (Wildman–Crippen LogP) is 2.12. The minimum atomic E-state index is -3.58. The van der Waals surface area contributed by atoms with Crippen molar-refractivity contribution in [2.45, 2.75) is 30.2 Å². The Kier molecular flexibility index (Phi) is 7.66. The number of nitrogens with zero attached hydrogens (tertiary/aromatic N) is 1. The van der Waals surface area contributed by atoms with Crippen LogP contribution in [-0.2, 0) is 10.0 Å². The second-order valence-electron chi connectivity index (χ2n) is 5.18. The molecule has 0 amide bonds. The SMILES string of the molecule is CN(C1CCNCC1)S(=O)(=O)c1ccc(OCC(F)F)cc1.Cl. The smallest absolute Gasteiger partial charge is 0.272 e. The van der Waals surface area contributed by atoms with Gasteiger partial charge in [0.1, 0.15) is 12.4 Å². The van der Waals surface area contributed by atoms with E-state index in [0.29, 0.717) is 0 Å². The van der Waals surface area contributed by atoms with Crippen molar-refractivity contribution in [1.82, 2.24) is 9.62 Å². The van der Waals surface area contributed by atoms with Crippen LogP contribution in [0.15, 0.2) is 29.2 Å². The highest BCUT2D eigenvalue weighted by molar-refractivity contribution is 7.89. The summed E-state index contributed by atoms with van der Waals surface area (Å²) in [5, 5.41) is 3.19. The third-order valence-electron chi connectivity index (χ3n) is 3.70. The van der Waals surface area contributed by atoms with E-state index in [-0.39, 0.29) is 29.1 Å². The number of ether oxygens (including phenoxy) is 1. The number of sulfonamides is 1. The van der Waals surface area contributed by atoms with Gasteiger partial charge >= 0.3 is 0 Å². The minimum absolute atomic E-state index is 0. The van der Waals surface area contributed by atoms with Gasteiger partial charge in [-0.15, -0.1) is 12.4 Å². The molecule has 132 valence electrons. The molecule has 2 rings (SSSR count). The van der Waals surface area contributed by atoms with Crippen molar-refractivity contribution in [1.29, 1.82) is 0 Å². The van der Waals surface area contributed by atoms with Crippen LogP contribution in [0.5, 0.6) is 5.75 Å². The molecule has 9 heteroatoms. The molecule has 1 aromatic carbocycles. The van der Waals surface area contributed by atoms with Crippen LogP contribution in [0.25, 0.3) is 0 Å². The molecular weight excluding hydrogens is 350 g/mol. The van der Waals surface area contributed by atoms with Crippen molar-refractivity contribution in [2.24, 2.45) is 0 Å². The van der Waals surface area contributed by atoms with Crippen molar-refractivity contribution in [3.63, 3.8) is 0 Å². The molecule has 0 aromatic heterocycles. The van der Waals surface area contributed by atoms with Crippen LogP contribution in [0.4, 0.5) is 8.78 Å². The monoisotopic (exact) mass is 370 g/mol. The third-order valence-corrected chi connectivity index (χ3v) is 5.62. The topological polar surface area (TPSA) is 58.6 Å². The van der Waals surface area contributed by atoms with Crippen LogP contribution in [0.1, 0.15) is 12.8 Å². The van der Waals surface area contributed by atoms with E-state index in [1.807, 2.05) is 0 Å². The zero-order valence-corrected chi connectivity index (χ0v) is 14.4. The number of halogens is 3. The van der Waals surface area contributed by atoms with E-state index < -0.39 is 23.1 Å². The zero-order valence-electron chi connectivity index (χ0n) is 12.7. The predicted molar refractivity (Wildman–Crippen MR) is 86.0 cm³/mol. The van der Waals surface area contributed by atoms with Gasteiger partial charge in [0.05, 0.1) is 4.90 Å². The average Bonchev–Trinajstić information content (AvgIpc) is 2.53. The Labute approximate surface area is 141 Å². The van der Waals surface area contributed by atoms with Gasteiger partial charge in [0.25, 0.3) is 6.43 Å². The standard InChI is InChI=1S/C14H20F2N2O3S.ClH/c1-18(11-6-8-17-9-7-11)22(19,20)13-4-2-12(3-5-13)21-10-14(15)16;/h2-5,11,14,17H,6-10H2,1H3;1H. The van der Waals surface area contributed by atoms with Crippen LogP contribution >= 0.6 is 12.4 Å². The fraction of sp³-hybridized carbons (Fsp3) is 0.571. The molecule has 0 radical (unpaired) electrons. The zero-order chi connectivity index (χ0) is 16.2. The van der Waals surface area contributed by atoms with Gasteiger partial charge < -0.3 is 10.1 Å². The number of benzene rings is 1. The Morgan fingerprint density at radius 1 is 1.26 bits per heavy atom. The van der Waals surface area contributed by atoms with Gasteiger partial charge in [-0.3, -0.25) is 0 Å². The lowest BCUT2D eigenvalue weighted by molar-refractivity contribution is 0.0819. The molecule has 0 aliphatic carbocycles. The summed E-state index contributed by atoms with van der Waals surface area (Å²) in [6.07, 6.45) is -1.02. The minimum Gasteiger partial charge on any atom is -0.488 e. The van der Waals surface area contributed by atoms with Crippen LogP contribution in [0, 0.1) is 0 Å². The molecule has 0 atom stereocenters. The summed E-state index contributed by atoms with van der Waals surface area (Å²) in [6, 6.07) is 5.53. The Morgan fingerprint density at radius 2 is 1.83 bits per heavy atom. The first-order valence-electron chi connectivity index (χ1n) is 7.11. The van der Waals surface area contributed by atoms with Gasteiger partial charge in [-0.2, -0.15) is 4.31 Å². The van der Waals surface area contributed by atoms with E-state index in [4.69, 9.17) is 4.74 Å². The number of nitrogens with one attached hydrogen (secondary N) is 1. The normalized spacial score (nSPS) is 16.4. The molecule has 23 heavy (non-hydrogen) atoms. The van der Waals surface area contributed by atoms with Crippen molar-refractivity contribution >= 4 is 22.4 Å². The molecule has 0 spiro atoms. The number of hydrogen-bond donors (Lipinski definition) is 1. The molecule has 5 nitrogen and oxygen atoms in total. The molecule has 1 heterocycles. The molecule has 1 aromatic rings. The van der Waals surface area contributed by atoms with Gasteiger partial charge in [-0.05, 0) is 50.2 Å². The van der Waals surface area contributed by atoms with E-state index in [1.165, 1.54) is 28.6 Å². The van der Waals surface area contributed by atoms with Crippen LogP contribution in [0.3, 0.4) is 0 Å². The highest BCUT2D eigenvalue weighted by Crippen LogP contribution is 2.23. The van der Waals surface area contributed by atoms with Gasteiger partial charge in [0.2, 0.25) is 10.0 Å². The largest absolute Gasteiger partial charge is 0.488 e. The Balaban J connectivity index is 0.00000264. The van der Waals surface area contributed by atoms with Gasteiger partial charge in [0, 0.05) is 13.1 Å². The van der Waals surface area contributed by atoms with E-state index >= 15 is 0 Å². The Morgan fingerprint density at radius 3 is 2.35 bits per heavy atom. The van der Waals surface area contributed by atoms with Crippen molar-refractivity contribution < 1.29 is 21.9 Å². The molecule has 0 saturated carbocycles. The molecule has 1 N–H and O–H groups in total. The van der Waals surface area contributed by atoms with E-state index in [2.05, 4.69) is 5.32 Å².